The molecule has 1 saturated carbocycles. The molecule has 1 aromatic heterocycles. The summed E-state index contributed by atoms with van der Waals surface area (Å²) in [7, 11) is 1.62. The Labute approximate surface area is 213 Å². The summed E-state index contributed by atoms with van der Waals surface area (Å²) >= 11 is 0. The number of methoxy groups -OCH3 is 1. The minimum absolute atomic E-state index is 0.0112. The van der Waals surface area contributed by atoms with Gasteiger partial charge in [0.05, 0.1) is 12.5 Å². The number of esters is 1. The second kappa shape index (κ2) is 12.5. The number of nitrogens with one attached hydrogen (secondary N) is 1. The van der Waals surface area contributed by atoms with E-state index in [1.54, 1.807) is 19.2 Å². The van der Waals surface area contributed by atoms with Crippen molar-refractivity contribution in [1.82, 2.24) is 15.2 Å². The number of ether oxygens (including phenoxy) is 3. The third kappa shape index (κ3) is 6.16. The van der Waals surface area contributed by atoms with Crippen LogP contribution in [0.3, 0.4) is 0 Å². The van der Waals surface area contributed by atoms with Gasteiger partial charge in [0, 0.05) is 37.2 Å². The van der Waals surface area contributed by atoms with Crippen LogP contribution in [0, 0.1) is 5.92 Å². The molecule has 1 amide bonds. The van der Waals surface area contributed by atoms with Gasteiger partial charge in [0.2, 0.25) is 0 Å². The number of fused-ring (bicyclic) bond motifs is 1. The average molecular weight is 498 g/mol. The van der Waals surface area contributed by atoms with Gasteiger partial charge in [-0.05, 0) is 58.2 Å². The highest BCUT2D eigenvalue weighted by Crippen LogP contribution is 2.34. The summed E-state index contributed by atoms with van der Waals surface area (Å²) < 4.78 is 17.1. The maximum Gasteiger partial charge on any atom is 0.314 e. The molecule has 8 nitrogen and oxygen atoms in total. The van der Waals surface area contributed by atoms with Crippen LogP contribution in [0.2, 0.25) is 0 Å². The fraction of sp³-hybridized carbons (Fsp3) is 0.607. The third-order valence-corrected chi connectivity index (χ3v) is 7.13. The molecule has 1 aliphatic carbocycles. The first-order chi connectivity index (χ1) is 17.5. The molecule has 1 saturated heterocycles. The van der Waals surface area contributed by atoms with Crippen LogP contribution in [0.1, 0.15) is 69.3 Å². The molecule has 8 heteroatoms. The van der Waals surface area contributed by atoms with Gasteiger partial charge in [0.1, 0.15) is 23.6 Å². The monoisotopic (exact) mass is 497 g/mol. The third-order valence-electron chi connectivity index (χ3n) is 7.13. The van der Waals surface area contributed by atoms with Gasteiger partial charge in [-0.15, -0.1) is 0 Å². The molecule has 1 aromatic carbocycles. The van der Waals surface area contributed by atoms with Crippen molar-refractivity contribution in [1.29, 1.82) is 0 Å². The Morgan fingerprint density at radius 3 is 2.58 bits per heavy atom. The molecule has 0 bridgehead atoms. The summed E-state index contributed by atoms with van der Waals surface area (Å²) in [5.41, 5.74) is 0.751. The molecule has 36 heavy (non-hydrogen) atoms. The molecule has 2 aliphatic rings. The van der Waals surface area contributed by atoms with Crippen LogP contribution < -0.4 is 14.8 Å². The fourth-order valence-electron chi connectivity index (χ4n) is 5.29. The number of hydrogen-bond donors (Lipinski definition) is 1. The molecule has 0 radical (unpaired) electrons. The largest absolute Gasteiger partial charge is 0.490 e. The Hall–Kier alpha value is -2.71. The quantitative estimate of drug-likeness (QED) is 0.313. The van der Waals surface area contributed by atoms with Crippen molar-refractivity contribution in [2.45, 2.75) is 70.9 Å². The summed E-state index contributed by atoms with van der Waals surface area (Å²) in [6.45, 7) is 6.53. The zero-order valence-corrected chi connectivity index (χ0v) is 21.8. The van der Waals surface area contributed by atoms with Crippen LogP contribution >= 0.6 is 0 Å². The number of para-hydroxylation sites is 1. The molecule has 2 heterocycles. The van der Waals surface area contributed by atoms with Gasteiger partial charge in [-0.2, -0.15) is 0 Å². The summed E-state index contributed by atoms with van der Waals surface area (Å²) in [4.78, 5) is 33.5. The lowest BCUT2D eigenvalue weighted by Gasteiger charge is -2.37. The van der Waals surface area contributed by atoms with E-state index in [9.17, 15) is 9.59 Å². The summed E-state index contributed by atoms with van der Waals surface area (Å²) in [5, 5.41) is 4.10. The Morgan fingerprint density at radius 2 is 1.89 bits per heavy atom. The maximum atomic E-state index is 13.8. The highest BCUT2D eigenvalue weighted by atomic mass is 16.5. The van der Waals surface area contributed by atoms with Gasteiger partial charge < -0.3 is 24.4 Å². The van der Waals surface area contributed by atoms with Crippen molar-refractivity contribution < 1.29 is 23.8 Å². The van der Waals surface area contributed by atoms with Gasteiger partial charge in [-0.1, -0.05) is 25.3 Å². The Bertz CT molecular complexity index is 1040. The normalized spacial score (nSPS) is 18.8. The molecule has 4 rings (SSSR count). The van der Waals surface area contributed by atoms with Gasteiger partial charge >= 0.3 is 5.97 Å². The molecule has 2 aromatic rings. The van der Waals surface area contributed by atoms with E-state index >= 15 is 0 Å². The number of aromatic nitrogens is 1. The van der Waals surface area contributed by atoms with Crippen LogP contribution in [0.4, 0.5) is 0 Å². The second-order valence-corrected chi connectivity index (χ2v) is 10.1. The topological polar surface area (TPSA) is 90.0 Å². The SMILES string of the molecule is COCCOc1cc(C(=O)N(C(C)C)[C@@H]2CCCNC2)nc2c(OC(=O)C3CCCCC3)cccc12. The average Bonchev–Trinajstić information content (AvgIpc) is 2.90. The van der Waals surface area contributed by atoms with E-state index in [2.05, 4.69) is 5.32 Å². The zero-order chi connectivity index (χ0) is 25.5. The van der Waals surface area contributed by atoms with E-state index in [1.807, 2.05) is 30.9 Å². The lowest BCUT2D eigenvalue weighted by Crippen LogP contribution is -2.51. The molecule has 0 spiro atoms. The number of carbonyl (C=O) groups is 2. The van der Waals surface area contributed by atoms with Crippen LogP contribution in [0.25, 0.3) is 10.9 Å². The van der Waals surface area contributed by atoms with Crippen molar-refractivity contribution in [2.75, 3.05) is 33.4 Å². The molecule has 1 N–H and O–H groups in total. The highest BCUT2D eigenvalue weighted by molar-refractivity contribution is 5.99. The molecule has 0 unspecified atom stereocenters. The number of rotatable bonds is 9. The maximum absolute atomic E-state index is 13.8. The Kier molecular flexibility index (Phi) is 9.15. The van der Waals surface area contributed by atoms with Gasteiger partial charge in [0.15, 0.2) is 5.75 Å². The fourth-order valence-corrected chi connectivity index (χ4v) is 5.29. The lowest BCUT2D eigenvalue weighted by molar-refractivity contribution is -0.139. The van der Waals surface area contributed by atoms with Gasteiger partial charge in [-0.3, -0.25) is 9.59 Å². The Balaban J connectivity index is 1.71. The first-order valence-electron chi connectivity index (χ1n) is 13.3. The number of pyridine rings is 1. The molecular weight excluding hydrogens is 458 g/mol. The summed E-state index contributed by atoms with van der Waals surface area (Å²) in [6.07, 6.45) is 6.94. The predicted molar refractivity (Wildman–Crippen MR) is 139 cm³/mol. The lowest BCUT2D eigenvalue weighted by atomic mass is 9.89. The predicted octanol–water partition coefficient (Wildman–Crippen LogP) is 4.35. The van der Waals surface area contributed by atoms with E-state index in [0.717, 1.165) is 58.0 Å². The minimum atomic E-state index is -0.223. The number of hydrogen-bond acceptors (Lipinski definition) is 7. The van der Waals surface area contributed by atoms with Gasteiger partial charge in [-0.25, -0.2) is 4.98 Å². The summed E-state index contributed by atoms with van der Waals surface area (Å²) in [6, 6.07) is 7.26. The van der Waals surface area contributed by atoms with E-state index in [4.69, 9.17) is 19.2 Å². The van der Waals surface area contributed by atoms with Crippen molar-refractivity contribution in [2.24, 2.45) is 5.92 Å². The van der Waals surface area contributed by atoms with Crippen LogP contribution in [-0.4, -0.2) is 67.3 Å². The first-order valence-corrected chi connectivity index (χ1v) is 13.3. The minimum Gasteiger partial charge on any atom is -0.490 e. The van der Waals surface area contributed by atoms with Crippen LogP contribution in [-0.2, 0) is 9.53 Å². The first kappa shape index (κ1) is 26.4. The smallest absolute Gasteiger partial charge is 0.314 e. The van der Waals surface area contributed by atoms with Crippen molar-refractivity contribution in [3.05, 3.63) is 30.0 Å². The second-order valence-electron chi connectivity index (χ2n) is 10.1. The van der Waals surface area contributed by atoms with Crippen molar-refractivity contribution in [3.8, 4) is 11.5 Å². The molecule has 196 valence electrons. The van der Waals surface area contributed by atoms with Gasteiger partial charge in [0.25, 0.3) is 5.91 Å². The zero-order valence-electron chi connectivity index (χ0n) is 21.8. The number of amides is 1. The van der Waals surface area contributed by atoms with Crippen molar-refractivity contribution >= 4 is 22.8 Å². The molecule has 1 aliphatic heterocycles. The van der Waals surface area contributed by atoms with Crippen LogP contribution in [0.15, 0.2) is 24.3 Å². The number of carbonyl (C=O) groups excluding carboxylic acids is 2. The summed E-state index contributed by atoms with van der Waals surface area (Å²) in [5.74, 6) is 0.433. The van der Waals surface area contributed by atoms with E-state index in [0.29, 0.717) is 35.6 Å². The standard InChI is InChI=1S/C28H39N3O5/c1-19(2)31(21-11-8-14-29-18-21)27(32)23-17-25(35-16-15-34-3)22-12-7-13-24(26(22)30-23)36-28(33)20-9-5-4-6-10-20/h7,12-13,17,19-21,29H,4-6,8-11,14-16,18H2,1-3H3/t21-/m1/s1. The highest BCUT2D eigenvalue weighted by Gasteiger charge is 2.30. The van der Waals surface area contributed by atoms with E-state index in [1.165, 1.54) is 0 Å². The molecule has 2 fully saturated rings. The Morgan fingerprint density at radius 1 is 1.08 bits per heavy atom. The number of piperidine rings is 1. The van der Waals surface area contributed by atoms with E-state index in [-0.39, 0.29) is 35.6 Å². The number of nitrogens with zero attached hydrogens (tertiary/aromatic N) is 2. The molecular formula is C28H39N3O5. The van der Waals surface area contributed by atoms with Crippen molar-refractivity contribution in [3.63, 3.8) is 0 Å². The van der Waals surface area contributed by atoms with Crippen LogP contribution in [0.5, 0.6) is 11.5 Å². The molecule has 1 atom stereocenters. The van der Waals surface area contributed by atoms with E-state index < -0.39 is 0 Å². The number of benzene rings is 1.